The Balaban J connectivity index is 1.35. The van der Waals surface area contributed by atoms with Crippen LogP contribution in [-0.2, 0) is 4.79 Å². The lowest BCUT2D eigenvalue weighted by Gasteiger charge is -2.29. The number of nitrogens with zero attached hydrogens (tertiary/aromatic N) is 4. The third-order valence-corrected chi connectivity index (χ3v) is 8.27. The second-order valence-corrected chi connectivity index (χ2v) is 10.9. The summed E-state index contributed by atoms with van der Waals surface area (Å²) in [4.78, 5) is 45.7. The number of carbonyl (C=O) groups excluding carboxylic acids is 3. The maximum Gasteiger partial charge on any atom is 0.254 e. The van der Waals surface area contributed by atoms with Crippen molar-refractivity contribution in [3.05, 3.63) is 59.2 Å². The fourth-order valence-corrected chi connectivity index (χ4v) is 5.93. The van der Waals surface area contributed by atoms with Crippen LogP contribution in [0.1, 0.15) is 64.8 Å². The molecule has 5 rings (SSSR count). The summed E-state index contributed by atoms with van der Waals surface area (Å²) in [6, 6.07) is 14.5. The Morgan fingerprint density at radius 3 is 2.17 bits per heavy atom. The van der Waals surface area contributed by atoms with Crippen LogP contribution in [0.5, 0.6) is 0 Å². The number of carbonyl (C=O) groups is 3. The zero-order valence-corrected chi connectivity index (χ0v) is 23.0. The van der Waals surface area contributed by atoms with Crippen molar-refractivity contribution in [1.29, 1.82) is 5.26 Å². The molecule has 3 aliphatic rings. The lowest BCUT2D eigenvalue weighted by atomic mass is 9.88. The highest BCUT2D eigenvalue weighted by molar-refractivity contribution is 6.00. The van der Waals surface area contributed by atoms with Crippen LogP contribution in [0.2, 0.25) is 0 Å². The molecule has 0 unspecified atom stereocenters. The summed E-state index contributed by atoms with van der Waals surface area (Å²) < 4.78 is 0. The summed E-state index contributed by atoms with van der Waals surface area (Å²) >= 11 is 0. The summed E-state index contributed by atoms with van der Waals surface area (Å²) in [6.45, 7) is 5.39. The molecule has 2 heterocycles. The molecule has 0 bridgehead atoms. The van der Waals surface area contributed by atoms with E-state index in [0.717, 1.165) is 57.4 Å². The highest BCUT2D eigenvalue weighted by Gasteiger charge is 2.26. The summed E-state index contributed by atoms with van der Waals surface area (Å²) in [6.07, 6.45) is 5.89. The van der Waals surface area contributed by atoms with Crippen LogP contribution in [-0.4, -0.2) is 79.9 Å². The SMILES string of the molecule is N#Cc1ccc(C(=O)N2CCCN(c3ccc(C(=O)N4CCNCC4)cc3NC(=O)C3CCCCC3)CC2)cc1. The molecule has 210 valence electrons. The molecule has 0 atom stereocenters. The molecule has 2 N–H and O–H groups in total. The molecule has 40 heavy (non-hydrogen) atoms. The van der Waals surface area contributed by atoms with E-state index in [1.807, 2.05) is 28.0 Å². The van der Waals surface area contributed by atoms with Gasteiger partial charge in [0.25, 0.3) is 11.8 Å². The maximum atomic E-state index is 13.3. The minimum atomic E-state index is -0.0471. The Kier molecular flexibility index (Phi) is 8.97. The summed E-state index contributed by atoms with van der Waals surface area (Å²) in [5.74, 6) is -0.0376. The van der Waals surface area contributed by atoms with Crippen molar-refractivity contribution in [1.82, 2.24) is 15.1 Å². The van der Waals surface area contributed by atoms with E-state index in [1.165, 1.54) is 6.42 Å². The van der Waals surface area contributed by atoms with Gasteiger partial charge in [-0.05, 0) is 61.7 Å². The van der Waals surface area contributed by atoms with Gasteiger partial charge in [0.15, 0.2) is 0 Å². The molecular weight excluding hydrogens is 504 g/mol. The highest BCUT2D eigenvalue weighted by atomic mass is 16.2. The summed E-state index contributed by atoms with van der Waals surface area (Å²) in [5, 5.41) is 15.5. The largest absolute Gasteiger partial charge is 0.368 e. The third-order valence-electron chi connectivity index (χ3n) is 8.27. The van der Waals surface area contributed by atoms with Gasteiger partial charge in [-0.25, -0.2) is 0 Å². The fourth-order valence-electron chi connectivity index (χ4n) is 5.93. The van der Waals surface area contributed by atoms with Crippen molar-refractivity contribution >= 4 is 29.1 Å². The maximum absolute atomic E-state index is 13.3. The molecule has 0 spiro atoms. The fraction of sp³-hybridized carbons (Fsp3) is 0.484. The molecule has 9 nitrogen and oxygen atoms in total. The van der Waals surface area contributed by atoms with Gasteiger partial charge in [0.05, 0.1) is 23.0 Å². The van der Waals surface area contributed by atoms with E-state index in [-0.39, 0.29) is 23.6 Å². The van der Waals surface area contributed by atoms with E-state index in [1.54, 1.807) is 24.3 Å². The minimum absolute atomic E-state index is 0.00112. The first-order chi connectivity index (χ1) is 19.5. The monoisotopic (exact) mass is 542 g/mol. The van der Waals surface area contributed by atoms with Gasteiger partial charge < -0.3 is 25.3 Å². The number of hydrogen-bond donors (Lipinski definition) is 2. The number of rotatable bonds is 5. The number of anilines is 2. The Morgan fingerprint density at radius 1 is 0.775 bits per heavy atom. The average molecular weight is 543 g/mol. The lowest BCUT2D eigenvalue weighted by Crippen LogP contribution is -2.46. The third kappa shape index (κ3) is 6.45. The van der Waals surface area contributed by atoms with E-state index >= 15 is 0 Å². The first kappa shape index (κ1) is 27.7. The van der Waals surface area contributed by atoms with Gasteiger partial charge in [0.2, 0.25) is 5.91 Å². The molecule has 3 amide bonds. The Hall–Kier alpha value is -3.90. The Morgan fingerprint density at radius 2 is 1.45 bits per heavy atom. The zero-order chi connectivity index (χ0) is 27.9. The van der Waals surface area contributed by atoms with Gasteiger partial charge in [-0.2, -0.15) is 5.26 Å². The van der Waals surface area contributed by atoms with E-state index < -0.39 is 0 Å². The molecule has 3 fully saturated rings. The predicted molar refractivity (Wildman–Crippen MR) is 154 cm³/mol. The van der Waals surface area contributed by atoms with Gasteiger partial charge in [-0.15, -0.1) is 0 Å². The van der Waals surface area contributed by atoms with Crippen LogP contribution in [0.25, 0.3) is 0 Å². The van der Waals surface area contributed by atoms with Gasteiger partial charge >= 0.3 is 0 Å². The molecular formula is C31H38N6O3. The quantitative estimate of drug-likeness (QED) is 0.599. The van der Waals surface area contributed by atoms with Crippen LogP contribution in [0, 0.1) is 17.2 Å². The standard InChI is InChI=1S/C31H38N6O3/c32-22-23-7-9-25(10-8-23)30(39)36-16-4-15-35(19-20-36)28-12-11-26(31(40)37-17-13-33-14-18-37)21-27(28)34-29(38)24-5-2-1-3-6-24/h7-12,21,24,33H,1-6,13-20H2,(H,34,38). The van der Waals surface area contributed by atoms with Crippen LogP contribution in [0.3, 0.4) is 0 Å². The second kappa shape index (κ2) is 13.0. The van der Waals surface area contributed by atoms with Crippen LogP contribution >= 0.6 is 0 Å². The van der Waals surface area contributed by atoms with E-state index in [4.69, 9.17) is 5.26 Å². The molecule has 2 aromatic rings. The number of nitriles is 1. The van der Waals surface area contributed by atoms with Gasteiger partial charge in [0.1, 0.15) is 0 Å². The number of nitrogens with one attached hydrogen (secondary N) is 2. The van der Waals surface area contributed by atoms with E-state index in [9.17, 15) is 14.4 Å². The van der Waals surface area contributed by atoms with Gasteiger partial charge in [0, 0.05) is 69.4 Å². The van der Waals surface area contributed by atoms with Gasteiger partial charge in [-0.3, -0.25) is 14.4 Å². The summed E-state index contributed by atoms with van der Waals surface area (Å²) in [7, 11) is 0. The first-order valence-electron chi connectivity index (χ1n) is 14.5. The van der Waals surface area contributed by atoms with E-state index in [0.29, 0.717) is 55.1 Å². The number of benzene rings is 2. The second-order valence-electron chi connectivity index (χ2n) is 10.9. The molecule has 2 aromatic carbocycles. The highest BCUT2D eigenvalue weighted by Crippen LogP contribution is 2.31. The summed E-state index contributed by atoms with van der Waals surface area (Å²) in [5.41, 5.74) is 3.23. The number of piperazine rings is 1. The van der Waals surface area contributed by atoms with Crippen LogP contribution in [0.4, 0.5) is 11.4 Å². The molecule has 1 saturated carbocycles. The number of amides is 3. The Bertz CT molecular complexity index is 1260. The topological polar surface area (TPSA) is 109 Å². The average Bonchev–Trinajstić information content (AvgIpc) is 3.27. The zero-order valence-electron chi connectivity index (χ0n) is 23.0. The van der Waals surface area contributed by atoms with Crippen molar-refractivity contribution in [2.45, 2.75) is 38.5 Å². The van der Waals surface area contributed by atoms with Crippen molar-refractivity contribution in [2.24, 2.45) is 5.92 Å². The lowest BCUT2D eigenvalue weighted by molar-refractivity contribution is -0.120. The minimum Gasteiger partial charge on any atom is -0.368 e. The van der Waals surface area contributed by atoms with Crippen molar-refractivity contribution in [3.63, 3.8) is 0 Å². The first-order valence-corrected chi connectivity index (χ1v) is 14.5. The van der Waals surface area contributed by atoms with Crippen molar-refractivity contribution in [3.8, 4) is 6.07 Å². The normalized spacial score (nSPS) is 18.5. The van der Waals surface area contributed by atoms with Crippen molar-refractivity contribution in [2.75, 3.05) is 62.6 Å². The van der Waals surface area contributed by atoms with Crippen molar-refractivity contribution < 1.29 is 14.4 Å². The molecule has 0 aromatic heterocycles. The molecule has 9 heteroatoms. The molecule has 0 radical (unpaired) electrons. The molecule has 2 saturated heterocycles. The Labute approximate surface area is 236 Å². The number of hydrogen-bond acceptors (Lipinski definition) is 6. The van der Waals surface area contributed by atoms with Gasteiger partial charge in [-0.1, -0.05) is 19.3 Å². The smallest absolute Gasteiger partial charge is 0.254 e. The molecule has 2 aliphatic heterocycles. The van der Waals surface area contributed by atoms with E-state index in [2.05, 4.69) is 21.6 Å². The van der Waals surface area contributed by atoms with Crippen LogP contribution < -0.4 is 15.5 Å². The predicted octanol–water partition coefficient (Wildman–Crippen LogP) is 3.47. The van der Waals surface area contributed by atoms with Crippen LogP contribution in [0.15, 0.2) is 42.5 Å². The molecule has 1 aliphatic carbocycles.